The Labute approximate surface area is 182 Å². The highest BCUT2D eigenvalue weighted by molar-refractivity contribution is 8.00. The average Bonchev–Trinajstić information content (AvgIpc) is 3.08. The Morgan fingerprint density at radius 3 is 2.97 bits per heavy atom. The van der Waals surface area contributed by atoms with Crippen LogP contribution in [0.2, 0.25) is 4.34 Å². The number of hydrogen-bond acceptors (Lipinski definition) is 9. The first-order valence-corrected chi connectivity index (χ1v) is 10.5. The highest BCUT2D eigenvalue weighted by atomic mass is 35.5. The summed E-state index contributed by atoms with van der Waals surface area (Å²) in [6.07, 6.45) is 3.25. The summed E-state index contributed by atoms with van der Waals surface area (Å²) in [7, 11) is 0. The number of thiazole rings is 1. The van der Waals surface area contributed by atoms with Crippen LogP contribution in [0.25, 0.3) is 0 Å². The summed E-state index contributed by atoms with van der Waals surface area (Å²) < 4.78 is 0.0696. The number of carboxylic acids is 1. The summed E-state index contributed by atoms with van der Waals surface area (Å²) in [6.45, 7) is 3.48. The van der Waals surface area contributed by atoms with Crippen molar-refractivity contribution < 1.29 is 29.1 Å². The number of nitrogens with one attached hydrogen (secondary N) is 2. The first-order chi connectivity index (χ1) is 14.4. The van der Waals surface area contributed by atoms with Gasteiger partial charge in [0.05, 0.1) is 0 Å². The number of fused-ring (bicyclic) bond motifs is 1. The molecule has 0 radical (unpaired) electrons. The zero-order valence-electron chi connectivity index (χ0n) is 15.0. The first kappa shape index (κ1) is 21.8. The van der Waals surface area contributed by atoms with Crippen LogP contribution in [-0.2, 0) is 24.0 Å². The molecule has 14 heteroatoms. The number of aliphatic carboxylic acids is 1. The number of rotatable bonds is 9. The number of carboxylic acid groups (broad SMARTS) is 1. The molecule has 2 atom stereocenters. The summed E-state index contributed by atoms with van der Waals surface area (Å²) in [5.74, 6) is -2.20. The molecule has 0 aromatic carbocycles. The van der Waals surface area contributed by atoms with E-state index in [9.17, 15) is 24.3 Å². The minimum atomic E-state index is -1.22. The molecule has 1 aromatic rings. The van der Waals surface area contributed by atoms with Crippen molar-refractivity contribution in [3.05, 3.63) is 34.5 Å². The van der Waals surface area contributed by atoms with E-state index in [1.165, 1.54) is 23.9 Å². The van der Waals surface area contributed by atoms with Gasteiger partial charge in [0.25, 0.3) is 11.8 Å². The maximum absolute atomic E-state index is 12.9. The fraction of sp³-hybridized carbons (Fsp3) is 0.250. The predicted octanol–water partition coefficient (Wildman–Crippen LogP) is 0.640. The lowest BCUT2D eigenvalue weighted by Gasteiger charge is -2.48. The summed E-state index contributed by atoms with van der Waals surface area (Å²) in [4.78, 5) is 57.4. The number of amides is 3. The number of nitrogens with zero attached hydrogens (tertiary/aromatic N) is 3. The number of anilines is 1. The molecule has 2 aliphatic heterocycles. The molecule has 3 rings (SSSR count). The quantitative estimate of drug-likeness (QED) is 0.118. The van der Waals surface area contributed by atoms with Crippen LogP contribution in [0.4, 0.5) is 5.13 Å². The van der Waals surface area contributed by atoms with E-state index in [0.717, 1.165) is 16.2 Å². The summed E-state index contributed by atoms with van der Waals surface area (Å²) in [6, 6.07) is -0.958. The third-order valence-corrected chi connectivity index (χ3v) is 6.28. The number of thioether (sulfide) groups is 1. The molecule has 0 aliphatic carbocycles. The Morgan fingerprint density at radius 1 is 1.53 bits per heavy atom. The van der Waals surface area contributed by atoms with Gasteiger partial charge in [-0.05, 0) is 6.08 Å². The van der Waals surface area contributed by atoms with Gasteiger partial charge in [-0.2, -0.15) is 0 Å². The second kappa shape index (κ2) is 9.28. The largest absolute Gasteiger partial charge is 0.477 e. The Hall–Kier alpha value is -2.90. The van der Waals surface area contributed by atoms with Crippen molar-refractivity contribution in [3.63, 3.8) is 0 Å². The van der Waals surface area contributed by atoms with Crippen LogP contribution < -0.4 is 10.6 Å². The summed E-state index contributed by atoms with van der Waals surface area (Å²) in [5, 5.41) is 17.4. The molecule has 1 saturated heterocycles. The fourth-order valence-electron chi connectivity index (χ4n) is 2.65. The van der Waals surface area contributed by atoms with Gasteiger partial charge in [-0.3, -0.25) is 19.3 Å². The van der Waals surface area contributed by atoms with Crippen molar-refractivity contribution in [1.29, 1.82) is 0 Å². The molecule has 1 aromatic heterocycles. The lowest BCUT2D eigenvalue weighted by atomic mass is 10.0. The molecule has 3 heterocycles. The van der Waals surface area contributed by atoms with Gasteiger partial charge in [0.1, 0.15) is 33.7 Å². The molecule has 11 nitrogen and oxygen atoms in total. The fourth-order valence-corrected chi connectivity index (χ4v) is 4.85. The molecule has 0 bridgehead atoms. The van der Waals surface area contributed by atoms with Crippen LogP contribution >= 0.6 is 34.7 Å². The van der Waals surface area contributed by atoms with Crippen molar-refractivity contribution in [1.82, 2.24) is 15.2 Å². The molecule has 30 heavy (non-hydrogen) atoms. The van der Waals surface area contributed by atoms with E-state index in [1.54, 1.807) is 0 Å². The molecular weight excluding hydrogens is 458 g/mol. The zero-order chi connectivity index (χ0) is 21.8. The van der Waals surface area contributed by atoms with Gasteiger partial charge in [0.15, 0.2) is 10.8 Å². The topological polar surface area (TPSA) is 150 Å². The van der Waals surface area contributed by atoms with Crippen LogP contribution in [0.5, 0.6) is 0 Å². The lowest BCUT2D eigenvalue weighted by Crippen LogP contribution is -2.70. The molecule has 3 amide bonds. The highest BCUT2D eigenvalue weighted by Gasteiger charge is 2.53. The van der Waals surface area contributed by atoms with Gasteiger partial charge >= 0.3 is 5.97 Å². The monoisotopic (exact) mass is 471 g/mol. The predicted molar refractivity (Wildman–Crippen MR) is 110 cm³/mol. The standard InChI is InChI=1S/C16H14ClN5O6S2/c1-2-4-28-21-9(8-11(17)30-16(20-8)18-6-23)12(24)19-10-13(25)22-7(15(26)27)3-5-29-14(10)22/h2-3,6,10,14H,1,4-5H2,(H,19,24)(H,26,27)(H,18,20,23)/t10?,14-/m0/s1. The van der Waals surface area contributed by atoms with E-state index < -0.39 is 29.2 Å². The van der Waals surface area contributed by atoms with Crippen LogP contribution in [0, 0.1) is 0 Å². The molecule has 2 aliphatic rings. The van der Waals surface area contributed by atoms with Crippen LogP contribution in [0.1, 0.15) is 5.69 Å². The zero-order valence-corrected chi connectivity index (χ0v) is 17.4. The second-order valence-electron chi connectivity index (χ2n) is 5.71. The first-order valence-electron chi connectivity index (χ1n) is 8.25. The van der Waals surface area contributed by atoms with Gasteiger partial charge in [0.2, 0.25) is 6.41 Å². The summed E-state index contributed by atoms with van der Waals surface area (Å²) >= 11 is 8.34. The number of oxime groups is 1. The Morgan fingerprint density at radius 2 is 2.30 bits per heavy atom. The smallest absolute Gasteiger partial charge is 0.352 e. The number of carbonyl (C=O) groups is 4. The highest BCUT2D eigenvalue weighted by Crippen LogP contribution is 2.37. The van der Waals surface area contributed by atoms with Crippen molar-refractivity contribution in [3.8, 4) is 0 Å². The van der Waals surface area contributed by atoms with Gasteiger partial charge in [-0.1, -0.05) is 40.7 Å². The van der Waals surface area contributed by atoms with Crippen molar-refractivity contribution in [2.24, 2.45) is 5.16 Å². The Kier molecular flexibility index (Phi) is 6.74. The maximum atomic E-state index is 12.9. The molecule has 0 spiro atoms. The van der Waals surface area contributed by atoms with Crippen LogP contribution in [-0.4, -0.2) is 68.7 Å². The maximum Gasteiger partial charge on any atom is 0.352 e. The summed E-state index contributed by atoms with van der Waals surface area (Å²) in [5.41, 5.74) is -0.471. The third kappa shape index (κ3) is 4.17. The minimum absolute atomic E-state index is 0.000634. The second-order valence-corrected chi connectivity index (χ2v) is 8.46. The van der Waals surface area contributed by atoms with E-state index in [2.05, 4.69) is 27.4 Å². The SMILES string of the molecule is C=CCON=C(C(=O)NC1C(=O)N2C(C(=O)O)=CCS[C@@H]12)c1nc(NC=O)sc1Cl. The molecular formula is C16H14ClN5O6S2. The van der Waals surface area contributed by atoms with Gasteiger partial charge in [0, 0.05) is 5.75 Å². The molecule has 158 valence electrons. The molecule has 1 fully saturated rings. The Balaban J connectivity index is 1.81. The van der Waals surface area contributed by atoms with Crippen molar-refractivity contribution in [2.45, 2.75) is 11.4 Å². The number of hydrogen-bond donors (Lipinski definition) is 3. The minimum Gasteiger partial charge on any atom is -0.477 e. The molecule has 3 N–H and O–H groups in total. The van der Waals surface area contributed by atoms with Crippen LogP contribution in [0.15, 0.2) is 29.6 Å². The number of carbonyl (C=O) groups excluding carboxylic acids is 3. The van der Waals surface area contributed by atoms with E-state index in [1.807, 2.05) is 0 Å². The van der Waals surface area contributed by atoms with Crippen molar-refractivity contribution >= 4 is 69.7 Å². The van der Waals surface area contributed by atoms with Crippen molar-refractivity contribution in [2.75, 3.05) is 17.7 Å². The molecule has 1 unspecified atom stereocenters. The van der Waals surface area contributed by atoms with Gasteiger partial charge < -0.3 is 20.6 Å². The third-order valence-electron chi connectivity index (χ3n) is 3.91. The number of aromatic nitrogens is 1. The molecule has 0 saturated carbocycles. The number of β-lactam (4-membered cyclic amide) rings is 1. The van der Waals surface area contributed by atoms with E-state index >= 15 is 0 Å². The lowest BCUT2D eigenvalue weighted by molar-refractivity contribution is -0.150. The normalized spacial score (nSPS) is 20.4. The van der Waals surface area contributed by atoms with Gasteiger partial charge in [-0.25, -0.2) is 9.78 Å². The Bertz CT molecular complexity index is 977. The van der Waals surface area contributed by atoms with Crippen LogP contribution in [0.3, 0.4) is 0 Å². The number of halogens is 1. The van der Waals surface area contributed by atoms with E-state index in [-0.39, 0.29) is 33.2 Å². The van der Waals surface area contributed by atoms with Gasteiger partial charge in [-0.15, -0.1) is 11.8 Å². The van der Waals surface area contributed by atoms with E-state index in [0.29, 0.717) is 12.2 Å². The average molecular weight is 472 g/mol. The van der Waals surface area contributed by atoms with E-state index in [4.69, 9.17) is 16.4 Å².